The Balaban J connectivity index is 0. The number of hydrogen-bond acceptors (Lipinski definition) is 10. The fourth-order valence-corrected chi connectivity index (χ4v) is 6.65. The van der Waals surface area contributed by atoms with Gasteiger partial charge in [0.1, 0.15) is 17.3 Å². The minimum Gasteiger partial charge on any atom is -0.469 e. The molecule has 0 radical (unpaired) electrons. The number of carbonyl (C=O) groups is 4. The Morgan fingerprint density at radius 3 is 2.02 bits per heavy atom. The quantitative estimate of drug-likeness (QED) is 0.0517. The van der Waals surface area contributed by atoms with E-state index in [2.05, 4.69) is 72.9 Å². The molecule has 1 saturated heterocycles. The maximum absolute atomic E-state index is 13.1. The Bertz CT molecular complexity index is 1480. The van der Waals surface area contributed by atoms with Crippen molar-refractivity contribution in [3.63, 3.8) is 0 Å². The van der Waals surface area contributed by atoms with Crippen LogP contribution in [0.15, 0.2) is 30.9 Å². The molecule has 3 heterocycles. The molecular weight excluding hydrogens is 788 g/mol. The Morgan fingerprint density at radius 1 is 0.903 bits per heavy atom. The van der Waals surface area contributed by atoms with Crippen LogP contribution in [0.3, 0.4) is 0 Å². The molecule has 1 fully saturated rings. The molecule has 1 aliphatic rings. The molecule has 0 amide bonds. The maximum atomic E-state index is 13.1. The minimum absolute atomic E-state index is 0.00276. The number of imidazole rings is 1. The first-order valence-electron chi connectivity index (χ1n) is 23.6. The zero-order chi connectivity index (χ0) is 47.9. The average Bonchev–Trinajstić information content (AvgIpc) is 3.73. The number of halogens is 1. The van der Waals surface area contributed by atoms with Crippen LogP contribution in [0.25, 0.3) is 11.3 Å². The molecule has 1 aliphatic heterocycles. The lowest BCUT2D eigenvalue weighted by Gasteiger charge is -2.38. The molecule has 0 bridgehead atoms. The Labute approximate surface area is 377 Å². The number of esters is 1. The molecule has 11 nitrogen and oxygen atoms in total. The van der Waals surface area contributed by atoms with E-state index in [1.807, 2.05) is 61.0 Å². The highest BCUT2D eigenvalue weighted by atomic mass is 19.1. The van der Waals surface area contributed by atoms with Crippen LogP contribution in [0.4, 0.5) is 4.39 Å². The van der Waals surface area contributed by atoms with E-state index in [0.717, 1.165) is 62.7 Å². The molecule has 62 heavy (non-hydrogen) atoms. The maximum Gasteiger partial charge on any atom is 0.302 e. The number of aromatic nitrogens is 3. The highest BCUT2D eigenvalue weighted by Crippen LogP contribution is 2.28. The van der Waals surface area contributed by atoms with E-state index in [0.29, 0.717) is 18.2 Å². The second-order valence-electron chi connectivity index (χ2n) is 16.8. The molecule has 0 aromatic carbocycles. The van der Waals surface area contributed by atoms with E-state index in [-0.39, 0.29) is 59.7 Å². The van der Waals surface area contributed by atoms with Crippen molar-refractivity contribution >= 4 is 23.3 Å². The van der Waals surface area contributed by atoms with Crippen molar-refractivity contribution in [1.29, 1.82) is 0 Å². The van der Waals surface area contributed by atoms with Crippen molar-refractivity contribution in [1.82, 2.24) is 19.4 Å². The van der Waals surface area contributed by atoms with Gasteiger partial charge in [0.2, 0.25) is 5.95 Å². The van der Waals surface area contributed by atoms with Gasteiger partial charge < -0.3 is 23.7 Å². The molecule has 0 unspecified atom stereocenters. The monoisotopic (exact) mass is 877 g/mol. The number of unbranched alkanes of at least 4 members (excludes halogenated alkanes) is 2. The molecule has 2 aromatic rings. The van der Waals surface area contributed by atoms with Gasteiger partial charge in [-0.1, -0.05) is 94.9 Å². The van der Waals surface area contributed by atoms with Crippen molar-refractivity contribution in [2.75, 3.05) is 21.2 Å². The fraction of sp³-hybridized carbons (Fsp3) is 0.760. The number of rotatable bonds is 21. The van der Waals surface area contributed by atoms with E-state index in [1.165, 1.54) is 45.6 Å². The summed E-state index contributed by atoms with van der Waals surface area (Å²) in [5.74, 6) is -1.19. The van der Waals surface area contributed by atoms with Crippen LogP contribution in [0.1, 0.15) is 168 Å². The van der Waals surface area contributed by atoms with Gasteiger partial charge in [0.15, 0.2) is 6.29 Å². The predicted molar refractivity (Wildman–Crippen MR) is 251 cm³/mol. The van der Waals surface area contributed by atoms with Crippen LogP contribution >= 0.6 is 0 Å². The number of carbonyl (C=O) groups excluding carboxylic acids is 4. The predicted octanol–water partition coefficient (Wildman–Crippen LogP) is 11.6. The van der Waals surface area contributed by atoms with Crippen molar-refractivity contribution in [2.45, 2.75) is 199 Å². The van der Waals surface area contributed by atoms with Crippen molar-refractivity contribution in [3.05, 3.63) is 36.8 Å². The third-order valence-electron chi connectivity index (χ3n) is 11.2. The van der Waals surface area contributed by atoms with Gasteiger partial charge in [-0.2, -0.15) is 4.39 Å². The van der Waals surface area contributed by atoms with Gasteiger partial charge in [-0.25, -0.2) is 9.97 Å². The number of hydrogen-bond donors (Lipinski definition) is 0. The highest BCUT2D eigenvalue weighted by Gasteiger charge is 2.35. The van der Waals surface area contributed by atoms with Crippen LogP contribution in [0.5, 0.6) is 0 Å². The molecule has 0 N–H and O–H groups in total. The lowest BCUT2D eigenvalue weighted by Crippen LogP contribution is -2.45. The van der Waals surface area contributed by atoms with Crippen LogP contribution in [-0.4, -0.2) is 88.5 Å². The third-order valence-corrected chi connectivity index (χ3v) is 11.2. The summed E-state index contributed by atoms with van der Waals surface area (Å²) in [7, 11) is 5.48. The molecule has 358 valence electrons. The summed E-state index contributed by atoms with van der Waals surface area (Å²) in [5, 5.41) is 0. The fourth-order valence-electron chi connectivity index (χ4n) is 6.65. The Hall–Kier alpha value is -3.35. The molecule has 0 saturated carbocycles. The largest absolute Gasteiger partial charge is 0.469 e. The Morgan fingerprint density at radius 2 is 1.52 bits per heavy atom. The lowest BCUT2D eigenvalue weighted by atomic mass is 9.82. The molecule has 9 atom stereocenters. The van der Waals surface area contributed by atoms with Crippen LogP contribution in [0.2, 0.25) is 0 Å². The normalized spacial score (nSPS) is 18.5. The summed E-state index contributed by atoms with van der Waals surface area (Å²) in [6, 6.07) is 3.43. The number of nitrogens with zero attached hydrogens (tertiary/aromatic N) is 4. The van der Waals surface area contributed by atoms with E-state index >= 15 is 0 Å². The second kappa shape index (κ2) is 35.1. The zero-order valence-electron chi connectivity index (χ0n) is 42.1. The molecular formula is C50H89FN4O7. The number of ether oxygens (including phenoxy) is 3. The summed E-state index contributed by atoms with van der Waals surface area (Å²) in [5.41, 5.74) is 1.69. The van der Waals surface area contributed by atoms with Crippen molar-refractivity contribution in [2.24, 2.45) is 29.6 Å². The van der Waals surface area contributed by atoms with Crippen molar-refractivity contribution in [3.8, 4) is 11.3 Å². The molecule has 3 rings (SSSR count). The van der Waals surface area contributed by atoms with Crippen LogP contribution < -0.4 is 0 Å². The summed E-state index contributed by atoms with van der Waals surface area (Å²) in [4.78, 5) is 58.3. The highest BCUT2D eigenvalue weighted by molar-refractivity contribution is 6.03. The second-order valence-corrected chi connectivity index (χ2v) is 16.8. The van der Waals surface area contributed by atoms with Crippen LogP contribution in [0, 0.1) is 35.5 Å². The van der Waals surface area contributed by atoms with E-state index in [1.54, 1.807) is 13.0 Å². The number of methoxy groups -OCH3 is 1. The molecule has 12 heteroatoms. The molecule has 0 aliphatic carbocycles. The molecule has 0 spiro atoms. The number of aryl methyl sites for hydroxylation is 1. The zero-order valence-corrected chi connectivity index (χ0v) is 42.1. The van der Waals surface area contributed by atoms with E-state index in [9.17, 15) is 23.6 Å². The SMILES string of the molecule is CC.CCC.CCCCCn1cnc(-c2ccc(F)nc2)c1.CC[C@H](CC[C@@H](C)C(=O)[C@H](C)CC)CC(=O)[C@H](C)C(=O)[C@H](C)[C@H](C)O[C@H]1C[C@@H](N(C)C)C[C@@H](C)O1.COC(C)=O. The summed E-state index contributed by atoms with van der Waals surface area (Å²) in [6.07, 6.45) is 15.1. The standard InChI is InChI=1S/C29H53NO5.C13H16FN3.C3H6O2.C3H8.C2H6/c1-11-18(3)28(32)19(4)13-14-24(12-2)16-26(31)22(7)29(33)21(6)23(8)35-27-17-25(30(9)10)15-20(5)34-27;1-2-3-4-7-17-9-12(16-10-17)11-5-6-13(14)15-8-11;1-3(4)5-2;1-3-2;1-2/h18-25,27H,11-17H2,1-10H3;5-6,8-10H,2-4,7H2,1H3;1-2H3;3H2,1-2H3;1-2H3/t18-,19-,20-,21-,22+,23+,24-,25+,27+;;;;/m1..../s1. The van der Waals surface area contributed by atoms with E-state index in [4.69, 9.17) is 9.47 Å². The van der Waals surface area contributed by atoms with Gasteiger partial charge in [-0.15, -0.1) is 0 Å². The smallest absolute Gasteiger partial charge is 0.302 e. The first-order chi connectivity index (χ1) is 29.3. The van der Waals surface area contributed by atoms with Gasteiger partial charge in [0.05, 0.1) is 37.3 Å². The number of Topliss-reactive ketones (excluding diaryl/α,β-unsaturated/α-hetero) is 3. The van der Waals surface area contributed by atoms with Crippen molar-refractivity contribution < 1.29 is 37.8 Å². The van der Waals surface area contributed by atoms with E-state index < -0.39 is 11.9 Å². The average molecular weight is 877 g/mol. The minimum atomic E-state index is -0.648. The molecule has 2 aromatic heterocycles. The topological polar surface area (TPSA) is 130 Å². The van der Waals surface area contributed by atoms with Gasteiger partial charge in [0, 0.05) is 68.1 Å². The summed E-state index contributed by atoms with van der Waals surface area (Å²) in [6.45, 7) is 28.4. The Kier molecular flexibility index (Phi) is 34.3. The summed E-state index contributed by atoms with van der Waals surface area (Å²) >= 11 is 0. The third kappa shape index (κ3) is 25.1. The van der Waals surface area contributed by atoms with Gasteiger partial charge >= 0.3 is 5.97 Å². The summed E-state index contributed by atoms with van der Waals surface area (Å²) < 4.78 is 31.0. The lowest BCUT2D eigenvalue weighted by molar-refractivity contribution is -0.225. The van der Waals surface area contributed by atoms with Gasteiger partial charge in [-0.05, 0) is 85.0 Å². The first-order valence-corrected chi connectivity index (χ1v) is 23.6. The number of ketones is 3. The first kappa shape index (κ1) is 60.7. The van der Waals surface area contributed by atoms with Gasteiger partial charge in [-0.3, -0.25) is 19.2 Å². The number of pyridine rings is 1. The van der Waals surface area contributed by atoms with Crippen LogP contribution in [-0.2, 0) is 39.9 Å². The van der Waals surface area contributed by atoms with Gasteiger partial charge in [0.25, 0.3) is 0 Å².